The van der Waals surface area contributed by atoms with E-state index in [9.17, 15) is 4.79 Å². The average molecular weight is 174 g/mol. The zero-order valence-corrected chi connectivity index (χ0v) is 7.82. The summed E-state index contributed by atoms with van der Waals surface area (Å²) in [6, 6.07) is 0. The fourth-order valence-electron chi connectivity index (χ4n) is 1.02. The maximum atomic E-state index is 11.4. The molecule has 2 nitrogen and oxygen atoms in total. The van der Waals surface area contributed by atoms with E-state index in [-0.39, 0.29) is 17.8 Å². The minimum absolute atomic E-state index is 0.110. The van der Waals surface area contributed by atoms with Gasteiger partial charge in [0.05, 0.1) is 6.61 Å². The zero-order valence-electron chi connectivity index (χ0n) is 7.00. The van der Waals surface area contributed by atoms with Crippen LogP contribution in [-0.2, 0) is 9.53 Å². The monoisotopic (exact) mass is 174 g/mol. The van der Waals surface area contributed by atoms with Crippen LogP contribution in [0.25, 0.3) is 0 Å². The van der Waals surface area contributed by atoms with Crippen molar-refractivity contribution in [2.75, 3.05) is 18.1 Å². The zero-order chi connectivity index (χ0) is 8.27. The molecule has 11 heavy (non-hydrogen) atoms. The minimum atomic E-state index is -0.131. The van der Waals surface area contributed by atoms with E-state index in [2.05, 4.69) is 0 Å². The van der Waals surface area contributed by atoms with Crippen LogP contribution in [0.15, 0.2) is 0 Å². The Hall–Kier alpha value is -0.0200. The maximum absolute atomic E-state index is 11.4. The van der Waals surface area contributed by atoms with Gasteiger partial charge in [-0.25, -0.2) is 0 Å². The molecule has 0 saturated carbocycles. The summed E-state index contributed by atoms with van der Waals surface area (Å²) < 4.78 is 5.33. The summed E-state index contributed by atoms with van der Waals surface area (Å²) in [5.41, 5.74) is 0. The van der Waals surface area contributed by atoms with Gasteiger partial charge < -0.3 is 4.74 Å². The van der Waals surface area contributed by atoms with E-state index >= 15 is 0 Å². The van der Waals surface area contributed by atoms with Gasteiger partial charge in [-0.3, -0.25) is 4.79 Å². The number of rotatable bonds is 2. The highest BCUT2D eigenvalue weighted by atomic mass is 32.2. The van der Waals surface area contributed by atoms with Crippen molar-refractivity contribution in [2.45, 2.75) is 20.0 Å². The summed E-state index contributed by atoms with van der Waals surface area (Å²) in [6.07, 6.45) is -0.131. The first-order valence-electron chi connectivity index (χ1n) is 3.95. The smallest absolute Gasteiger partial charge is 0.164 e. The molecule has 1 aliphatic rings. The second kappa shape index (κ2) is 4.12. The largest absolute Gasteiger partial charge is 0.369 e. The fraction of sp³-hybridized carbons (Fsp3) is 0.875. The normalized spacial score (nSPS) is 25.5. The average Bonchev–Trinajstić information content (AvgIpc) is 2.05. The lowest BCUT2D eigenvalue weighted by atomic mass is 10.1. The van der Waals surface area contributed by atoms with Gasteiger partial charge in [0.25, 0.3) is 0 Å². The summed E-state index contributed by atoms with van der Waals surface area (Å²) in [5, 5.41) is 0. The van der Waals surface area contributed by atoms with Crippen LogP contribution in [0.4, 0.5) is 0 Å². The third-order valence-electron chi connectivity index (χ3n) is 1.70. The molecule has 0 radical (unpaired) electrons. The van der Waals surface area contributed by atoms with Crippen LogP contribution in [0, 0.1) is 5.92 Å². The Kier molecular flexibility index (Phi) is 3.40. The Bertz CT molecular complexity index is 139. The quantitative estimate of drug-likeness (QED) is 0.632. The van der Waals surface area contributed by atoms with E-state index in [1.807, 2.05) is 13.8 Å². The van der Waals surface area contributed by atoms with Gasteiger partial charge in [-0.1, -0.05) is 13.8 Å². The Labute approximate surface area is 71.7 Å². The molecule has 0 aromatic carbocycles. The molecule has 64 valence electrons. The second-order valence-electron chi connectivity index (χ2n) is 2.99. The first-order valence-corrected chi connectivity index (χ1v) is 5.10. The first-order chi connectivity index (χ1) is 5.22. The third-order valence-corrected chi connectivity index (χ3v) is 2.70. The lowest BCUT2D eigenvalue weighted by molar-refractivity contribution is -0.132. The van der Waals surface area contributed by atoms with E-state index in [4.69, 9.17) is 4.74 Å². The number of Topliss-reactive ketones (excluding diaryl/α,β-unsaturated/α-hetero) is 1. The van der Waals surface area contributed by atoms with E-state index in [1.165, 1.54) is 0 Å². The summed E-state index contributed by atoms with van der Waals surface area (Å²) in [4.78, 5) is 11.4. The predicted molar refractivity (Wildman–Crippen MR) is 46.9 cm³/mol. The molecular formula is C8H14O2S. The van der Waals surface area contributed by atoms with E-state index in [1.54, 1.807) is 11.8 Å². The van der Waals surface area contributed by atoms with Crippen molar-refractivity contribution < 1.29 is 9.53 Å². The van der Waals surface area contributed by atoms with Crippen LogP contribution in [0.5, 0.6) is 0 Å². The predicted octanol–water partition coefficient (Wildman–Crippen LogP) is 1.34. The van der Waals surface area contributed by atoms with Crippen LogP contribution in [0.1, 0.15) is 13.8 Å². The fourth-order valence-corrected chi connectivity index (χ4v) is 1.88. The molecule has 1 aliphatic heterocycles. The highest BCUT2D eigenvalue weighted by Crippen LogP contribution is 2.15. The van der Waals surface area contributed by atoms with Gasteiger partial charge in [0, 0.05) is 17.4 Å². The van der Waals surface area contributed by atoms with Crippen LogP contribution in [-0.4, -0.2) is 30.0 Å². The van der Waals surface area contributed by atoms with E-state index < -0.39 is 0 Å². The van der Waals surface area contributed by atoms with Gasteiger partial charge in [0.1, 0.15) is 6.10 Å². The number of ketones is 1. The molecule has 0 amide bonds. The van der Waals surface area contributed by atoms with Gasteiger partial charge in [-0.15, -0.1) is 0 Å². The SMILES string of the molecule is CC(C)C(=O)C1CSCCO1. The number of thioether (sulfide) groups is 1. The topological polar surface area (TPSA) is 26.3 Å². The lowest BCUT2D eigenvalue weighted by Gasteiger charge is -2.22. The standard InChI is InChI=1S/C8H14O2S/c1-6(2)8(9)7-5-11-4-3-10-7/h6-7H,3-5H2,1-2H3. The molecular weight excluding hydrogens is 160 g/mol. The number of hydrogen-bond donors (Lipinski definition) is 0. The van der Waals surface area contributed by atoms with Gasteiger partial charge in [0.2, 0.25) is 0 Å². The van der Waals surface area contributed by atoms with Crippen molar-refractivity contribution in [3.8, 4) is 0 Å². The molecule has 1 saturated heterocycles. The van der Waals surface area contributed by atoms with E-state index in [0.717, 1.165) is 18.1 Å². The van der Waals surface area contributed by atoms with Crippen LogP contribution in [0.3, 0.4) is 0 Å². The maximum Gasteiger partial charge on any atom is 0.164 e. The van der Waals surface area contributed by atoms with Gasteiger partial charge in [-0.2, -0.15) is 11.8 Å². The number of carbonyl (C=O) groups excluding carboxylic acids is 1. The van der Waals surface area contributed by atoms with Crippen molar-refractivity contribution in [1.29, 1.82) is 0 Å². The lowest BCUT2D eigenvalue weighted by Crippen LogP contribution is -2.34. The van der Waals surface area contributed by atoms with Gasteiger partial charge in [0.15, 0.2) is 5.78 Å². The molecule has 3 heteroatoms. The van der Waals surface area contributed by atoms with Crippen LogP contribution in [0.2, 0.25) is 0 Å². The molecule has 0 aromatic rings. The summed E-state index contributed by atoms with van der Waals surface area (Å²) in [7, 11) is 0. The molecule has 1 atom stereocenters. The summed E-state index contributed by atoms with van der Waals surface area (Å²) in [6.45, 7) is 4.57. The molecule has 1 unspecified atom stereocenters. The van der Waals surface area contributed by atoms with Crippen molar-refractivity contribution in [3.63, 3.8) is 0 Å². The molecule has 0 aromatic heterocycles. The number of carbonyl (C=O) groups is 1. The van der Waals surface area contributed by atoms with Crippen molar-refractivity contribution in [1.82, 2.24) is 0 Å². The molecule has 0 bridgehead atoms. The number of hydrogen-bond acceptors (Lipinski definition) is 3. The molecule has 1 heterocycles. The number of ether oxygens (including phenoxy) is 1. The van der Waals surface area contributed by atoms with Gasteiger partial charge >= 0.3 is 0 Å². The Morgan fingerprint density at radius 2 is 2.36 bits per heavy atom. The van der Waals surface area contributed by atoms with Crippen molar-refractivity contribution in [3.05, 3.63) is 0 Å². The highest BCUT2D eigenvalue weighted by molar-refractivity contribution is 7.99. The van der Waals surface area contributed by atoms with Crippen molar-refractivity contribution >= 4 is 17.5 Å². The Morgan fingerprint density at radius 1 is 1.64 bits per heavy atom. The van der Waals surface area contributed by atoms with Crippen LogP contribution < -0.4 is 0 Å². The Balaban J connectivity index is 2.39. The summed E-state index contributed by atoms with van der Waals surface area (Å²) >= 11 is 1.80. The van der Waals surface area contributed by atoms with E-state index in [0.29, 0.717) is 0 Å². The molecule has 0 aliphatic carbocycles. The Morgan fingerprint density at radius 3 is 2.82 bits per heavy atom. The van der Waals surface area contributed by atoms with Crippen LogP contribution >= 0.6 is 11.8 Å². The molecule has 0 spiro atoms. The molecule has 1 rings (SSSR count). The first kappa shape index (κ1) is 9.07. The third kappa shape index (κ3) is 2.49. The molecule has 1 fully saturated rings. The van der Waals surface area contributed by atoms with Crippen molar-refractivity contribution in [2.24, 2.45) is 5.92 Å². The highest BCUT2D eigenvalue weighted by Gasteiger charge is 2.23. The molecule has 0 N–H and O–H groups in total. The second-order valence-corrected chi connectivity index (χ2v) is 4.14. The van der Waals surface area contributed by atoms with Gasteiger partial charge in [-0.05, 0) is 0 Å². The minimum Gasteiger partial charge on any atom is -0.369 e. The summed E-state index contributed by atoms with van der Waals surface area (Å²) in [5.74, 6) is 2.23.